The maximum atomic E-state index is 11.3. The highest BCUT2D eigenvalue weighted by Crippen LogP contribution is 2.12. The Morgan fingerprint density at radius 2 is 1.94 bits per heavy atom. The third kappa shape index (κ3) is 4.03. The van der Waals surface area contributed by atoms with Crippen LogP contribution < -0.4 is 0 Å². The van der Waals surface area contributed by atoms with Gasteiger partial charge in [-0.05, 0) is 12.5 Å². The fourth-order valence-electron chi connectivity index (χ4n) is 1.30. The smallest absolute Gasteiger partial charge is 0.186 e. The first-order chi connectivity index (χ1) is 7.61. The molecule has 1 aromatic rings. The predicted molar refractivity (Wildman–Crippen MR) is 68.6 cm³/mol. The van der Waals surface area contributed by atoms with Crippen LogP contribution in [0.1, 0.15) is 29.8 Å². The van der Waals surface area contributed by atoms with Crippen molar-refractivity contribution in [3.05, 3.63) is 41.5 Å². The molecular formula is C13H14O2S. The number of hydrogen-bond acceptors (Lipinski definition) is 3. The molecule has 0 bridgehead atoms. The summed E-state index contributed by atoms with van der Waals surface area (Å²) in [6, 6.07) is 7.44. The van der Waals surface area contributed by atoms with E-state index in [0.29, 0.717) is 11.3 Å². The summed E-state index contributed by atoms with van der Waals surface area (Å²) in [5, 5.41) is 0.101. The van der Waals surface area contributed by atoms with Gasteiger partial charge in [-0.3, -0.25) is 9.59 Å². The highest BCUT2D eigenvalue weighted by molar-refractivity contribution is 8.13. The molecule has 0 spiro atoms. The van der Waals surface area contributed by atoms with Crippen molar-refractivity contribution >= 4 is 28.7 Å². The van der Waals surface area contributed by atoms with E-state index in [2.05, 4.69) is 0 Å². The molecule has 0 saturated heterocycles. The van der Waals surface area contributed by atoms with Gasteiger partial charge >= 0.3 is 0 Å². The molecule has 16 heavy (non-hydrogen) atoms. The minimum Gasteiger partial charge on any atom is -0.294 e. The van der Waals surface area contributed by atoms with Crippen LogP contribution in [0.2, 0.25) is 0 Å². The van der Waals surface area contributed by atoms with Gasteiger partial charge in [-0.1, -0.05) is 48.2 Å². The monoisotopic (exact) mass is 234 g/mol. The van der Waals surface area contributed by atoms with E-state index in [-0.39, 0.29) is 10.9 Å². The highest BCUT2D eigenvalue weighted by atomic mass is 32.2. The van der Waals surface area contributed by atoms with Crippen LogP contribution in [-0.2, 0) is 4.79 Å². The largest absolute Gasteiger partial charge is 0.294 e. The molecule has 3 heteroatoms. The van der Waals surface area contributed by atoms with Gasteiger partial charge in [0, 0.05) is 18.2 Å². The van der Waals surface area contributed by atoms with E-state index >= 15 is 0 Å². The van der Waals surface area contributed by atoms with Crippen LogP contribution in [0.3, 0.4) is 0 Å². The Hall–Kier alpha value is -1.35. The average molecular weight is 234 g/mol. The highest BCUT2D eigenvalue weighted by Gasteiger charge is 2.02. The van der Waals surface area contributed by atoms with Crippen molar-refractivity contribution in [2.75, 3.05) is 5.75 Å². The molecule has 0 aliphatic rings. The van der Waals surface area contributed by atoms with E-state index in [4.69, 9.17) is 0 Å². The summed E-state index contributed by atoms with van der Waals surface area (Å²) in [7, 11) is 0. The second-order valence-electron chi connectivity index (χ2n) is 3.35. The number of carbonyl (C=O) groups excluding carboxylic acids is 2. The molecule has 84 valence electrons. The third-order valence-corrected chi connectivity index (χ3v) is 2.79. The molecule has 0 aromatic heterocycles. The van der Waals surface area contributed by atoms with Crippen molar-refractivity contribution in [3.63, 3.8) is 0 Å². The number of Topliss-reactive ketones (excluding diaryl/α,β-unsaturated/α-hetero) is 1. The summed E-state index contributed by atoms with van der Waals surface area (Å²) < 4.78 is 0. The molecule has 2 nitrogen and oxygen atoms in total. The fraction of sp³-hybridized carbons (Fsp3) is 0.231. The van der Waals surface area contributed by atoms with E-state index in [0.717, 1.165) is 5.56 Å². The molecule has 0 fully saturated rings. The summed E-state index contributed by atoms with van der Waals surface area (Å²) in [4.78, 5) is 22.0. The van der Waals surface area contributed by atoms with Crippen molar-refractivity contribution in [2.45, 2.75) is 13.8 Å². The number of benzene rings is 1. The van der Waals surface area contributed by atoms with Gasteiger partial charge in [0.15, 0.2) is 10.9 Å². The van der Waals surface area contributed by atoms with Crippen molar-refractivity contribution in [1.82, 2.24) is 0 Å². The molecule has 0 saturated carbocycles. The Balaban J connectivity index is 2.73. The zero-order valence-corrected chi connectivity index (χ0v) is 10.2. The second kappa shape index (κ2) is 6.28. The molecule has 0 amide bonds. The maximum absolute atomic E-state index is 11.3. The van der Waals surface area contributed by atoms with Crippen molar-refractivity contribution in [1.29, 1.82) is 0 Å². The minimum atomic E-state index is 0.0551. The van der Waals surface area contributed by atoms with Gasteiger partial charge < -0.3 is 0 Å². The summed E-state index contributed by atoms with van der Waals surface area (Å²) >= 11 is 1.25. The van der Waals surface area contributed by atoms with Crippen LogP contribution in [0.15, 0.2) is 30.3 Å². The molecule has 0 aliphatic carbocycles. The van der Waals surface area contributed by atoms with Gasteiger partial charge in [0.2, 0.25) is 0 Å². The number of rotatable bonds is 4. The third-order valence-electron chi connectivity index (χ3n) is 2.02. The Bertz CT molecular complexity index is 422. The van der Waals surface area contributed by atoms with Crippen LogP contribution in [0.5, 0.6) is 0 Å². The van der Waals surface area contributed by atoms with Gasteiger partial charge in [-0.2, -0.15) is 0 Å². The van der Waals surface area contributed by atoms with E-state index in [1.54, 1.807) is 19.9 Å². The first-order valence-corrected chi connectivity index (χ1v) is 5.99. The Morgan fingerprint density at radius 3 is 2.56 bits per heavy atom. The number of carbonyl (C=O) groups is 2. The van der Waals surface area contributed by atoms with Crippen molar-refractivity contribution in [3.8, 4) is 0 Å². The topological polar surface area (TPSA) is 34.1 Å². The van der Waals surface area contributed by atoms with Crippen LogP contribution in [-0.4, -0.2) is 16.7 Å². The first-order valence-electron chi connectivity index (χ1n) is 5.01. The molecule has 0 N–H and O–H groups in total. The standard InChI is InChI=1S/C13H14O2S/c1-10(14)13-8-4-3-6-12(13)7-5-9-16-11(2)15/h3-8H,9H2,1-2H3. The zero-order valence-electron chi connectivity index (χ0n) is 9.40. The molecule has 1 aromatic carbocycles. The Kier molecular flexibility index (Phi) is 4.99. The second-order valence-corrected chi connectivity index (χ2v) is 4.55. The van der Waals surface area contributed by atoms with Crippen molar-refractivity contribution in [2.24, 2.45) is 0 Å². The molecule has 0 heterocycles. The molecule has 0 unspecified atom stereocenters. The lowest BCUT2D eigenvalue weighted by atomic mass is 10.0. The lowest BCUT2D eigenvalue weighted by molar-refractivity contribution is -0.109. The lowest BCUT2D eigenvalue weighted by Crippen LogP contribution is -1.94. The Labute approximate surface area is 99.7 Å². The van der Waals surface area contributed by atoms with Crippen LogP contribution >= 0.6 is 11.8 Å². The minimum absolute atomic E-state index is 0.0551. The van der Waals surface area contributed by atoms with Gasteiger partial charge in [0.25, 0.3) is 0 Å². The number of thioether (sulfide) groups is 1. The first kappa shape index (κ1) is 12.7. The maximum Gasteiger partial charge on any atom is 0.186 e. The molecule has 1 rings (SSSR count). The Morgan fingerprint density at radius 1 is 1.25 bits per heavy atom. The lowest BCUT2D eigenvalue weighted by Gasteiger charge is -2.00. The molecule has 0 atom stereocenters. The summed E-state index contributed by atoms with van der Waals surface area (Å²) in [6.45, 7) is 3.10. The molecular weight excluding hydrogens is 220 g/mol. The van der Waals surface area contributed by atoms with Gasteiger partial charge in [-0.15, -0.1) is 0 Å². The SMILES string of the molecule is CC(=O)SCC=Cc1ccccc1C(C)=O. The molecule has 0 aliphatic heterocycles. The summed E-state index contributed by atoms with van der Waals surface area (Å²) in [6.07, 6.45) is 3.78. The zero-order chi connectivity index (χ0) is 12.0. The predicted octanol–water partition coefficient (Wildman–Crippen LogP) is 3.18. The number of ketones is 1. The van der Waals surface area contributed by atoms with E-state index < -0.39 is 0 Å². The summed E-state index contributed by atoms with van der Waals surface area (Å²) in [5.74, 6) is 0.696. The fourth-order valence-corrected chi connectivity index (χ4v) is 1.73. The van der Waals surface area contributed by atoms with Gasteiger partial charge in [-0.25, -0.2) is 0 Å². The van der Waals surface area contributed by atoms with E-state index in [1.807, 2.05) is 30.4 Å². The normalized spacial score (nSPS) is 10.6. The number of hydrogen-bond donors (Lipinski definition) is 0. The quantitative estimate of drug-likeness (QED) is 0.750. The van der Waals surface area contributed by atoms with Gasteiger partial charge in [0.1, 0.15) is 0 Å². The van der Waals surface area contributed by atoms with E-state index in [1.165, 1.54) is 11.8 Å². The summed E-state index contributed by atoms with van der Waals surface area (Å²) in [5.41, 5.74) is 1.62. The van der Waals surface area contributed by atoms with Gasteiger partial charge in [0.05, 0.1) is 0 Å². The van der Waals surface area contributed by atoms with Crippen LogP contribution in [0.4, 0.5) is 0 Å². The van der Waals surface area contributed by atoms with Crippen molar-refractivity contribution < 1.29 is 9.59 Å². The van der Waals surface area contributed by atoms with Crippen LogP contribution in [0, 0.1) is 0 Å². The average Bonchev–Trinajstić information content (AvgIpc) is 2.24. The van der Waals surface area contributed by atoms with Crippen LogP contribution in [0.25, 0.3) is 6.08 Å². The molecule has 0 radical (unpaired) electrons. The van der Waals surface area contributed by atoms with E-state index in [9.17, 15) is 9.59 Å².